The predicted molar refractivity (Wildman–Crippen MR) is 81.1 cm³/mol. The summed E-state index contributed by atoms with van der Waals surface area (Å²) >= 11 is 0. The molecule has 116 valence electrons. The number of amides is 1. The molecule has 1 heterocycles. The smallest absolute Gasteiger partial charge is 0.407 e. The number of carboxylic acid groups (broad SMARTS) is 1. The number of aliphatic hydroxyl groups is 1. The quantitative estimate of drug-likeness (QED) is 0.796. The number of hydrogen-bond donors (Lipinski definition) is 3. The van der Waals surface area contributed by atoms with Crippen molar-refractivity contribution in [2.75, 3.05) is 6.54 Å². The van der Waals surface area contributed by atoms with Crippen LogP contribution in [-0.4, -0.2) is 45.9 Å². The minimum Gasteiger partial charge on any atom is -0.465 e. The zero-order chi connectivity index (χ0) is 15.6. The maximum absolute atomic E-state index is 11.4. The molecule has 1 aliphatic heterocycles. The summed E-state index contributed by atoms with van der Waals surface area (Å²) in [5.41, 5.74) is 0.871. The number of hydrogen-bond acceptors (Lipinski definition) is 3. The van der Waals surface area contributed by atoms with Crippen LogP contribution in [0.15, 0.2) is 30.3 Å². The lowest BCUT2D eigenvalue weighted by Gasteiger charge is -2.37. The van der Waals surface area contributed by atoms with E-state index in [2.05, 4.69) is 5.32 Å². The van der Waals surface area contributed by atoms with Crippen molar-refractivity contribution in [3.05, 3.63) is 35.9 Å². The van der Waals surface area contributed by atoms with Crippen LogP contribution in [0.4, 0.5) is 4.79 Å². The average molecular weight is 292 g/mol. The van der Waals surface area contributed by atoms with Crippen molar-refractivity contribution < 1.29 is 15.0 Å². The van der Waals surface area contributed by atoms with Gasteiger partial charge in [-0.1, -0.05) is 51.1 Å². The molecule has 2 rings (SSSR count). The molecular formula is C16H24N2O3. The Morgan fingerprint density at radius 3 is 2.48 bits per heavy atom. The van der Waals surface area contributed by atoms with Crippen LogP contribution < -0.4 is 5.32 Å². The summed E-state index contributed by atoms with van der Waals surface area (Å²) in [4.78, 5) is 12.8. The van der Waals surface area contributed by atoms with Crippen molar-refractivity contribution >= 4 is 6.09 Å². The number of aliphatic hydroxyl groups excluding tert-OH is 1. The summed E-state index contributed by atoms with van der Waals surface area (Å²) in [7, 11) is 0. The summed E-state index contributed by atoms with van der Waals surface area (Å²) in [6.07, 6.45) is -1.66. The minimum atomic E-state index is -0.974. The van der Waals surface area contributed by atoms with E-state index in [0.717, 1.165) is 5.56 Å². The van der Waals surface area contributed by atoms with E-state index in [1.165, 1.54) is 4.90 Å². The monoisotopic (exact) mass is 292 g/mol. The largest absolute Gasteiger partial charge is 0.465 e. The molecule has 0 spiro atoms. The molecule has 1 aliphatic rings. The molecule has 1 amide bonds. The zero-order valence-corrected chi connectivity index (χ0v) is 12.8. The molecule has 0 saturated carbocycles. The third kappa shape index (κ3) is 3.54. The molecule has 5 nitrogen and oxygen atoms in total. The summed E-state index contributed by atoms with van der Waals surface area (Å²) in [6, 6.07) is 9.39. The number of carbonyl (C=O) groups is 1. The Morgan fingerprint density at radius 1 is 1.33 bits per heavy atom. The van der Waals surface area contributed by atoms with Crippen LogP contribution in [0.5, 0.6) is 0 Å². The highest BCUT2D eigenvalue weighted by molar-refractivity contribution is 5.66. The first-order chi connectivity index (χ1) is 9.80. The van der Waals surface area contributed by atoms with Gasteiger partial charge in [-0.05, 0) is 11.0 Å². The van der Waals surface area contributed by atoms with Crippen LogP contribution >= 0.6 is 0 Å². The van der Waals surface area contributed by atoms with Gasteiger partial charge < -0.3 is 20.4 Å². The molecule has 3 N–H and O–H groups in total. The van der Waals surface area contributed by atoms with Gasteiger partial charge in [0.1, 0.15) is 0 Å². The summed E-state index contributed by atoms with van der Waals surface area (Å²) in [5.74, 6) is 0. The molecular weight excluding hydrogens is 268 g/mol. The Morgan fingerprint density at radius 2 is 1.95 bits per heavy atom. The third-order valence-electron chi connectivity index (χ3n) is 3.99. The van der Waals surface area contributed by atoms with Crippen LogP contribution in [0, 0.1) is 5.41 Å². The molecule has 1 aromatic rings. The Bertz CT molecular complexity index is 484. The van der Waals surface area contributed by atoms with Gasteiger partial charge in [0.2, 0.25) is 0 Å². The maximum atomic E-state index is 11.4. The van der Waals surface area contributed by atoms with Gasteiger partial charge in [0, 0.05) is 6.54 Å². The normalized spacial score (nSPS) is 26.1. The molecule has 21 heavy (non-hydrogen) atoms. The van der Waals surface area contributed by atoms with Crippen molar-refractivity contribution in [2.45, 2.75) is 45.5 Å². The van der Waals surface area contributed by atoms with Gasteiger partial charge in [-0.25, -0.2) is 4.79 Å². The highest BCUT2D eigenvalue weighted by Gasteiger charge is 2.48. The second-order valence-electron chi connectivity index (χ2n) is 6.71. The van der Waals surface area contributed by atoms with Gasteiger partial charge >= 0.3 is 6.09 Å². The van der Waals surface area contributed by atoms with E-state index in [1.54, 1.807) is 0 Å². The summed E-state index contributed by atoms with van der Waals surface area (Å²) in [6.45, 7) is 6.78. The molecule has 5 heteroatoms. The van der Waals surface area contributed by atoms with Crippen molar-refractivity contribution in [3.8, 4) is 0 Å². The van der Waals surface area contributed by atoms with Gasteiger partial charge in [-0.3, -0.25) is 0 Å². The first-order valence-corrected chi connectivity index (χ1v) is 7.25. The molecule has 0 bridgehead atoms. The van der Waals surface area contributed by atoms with Gasteiger partial charge in [0.05, 0.1) is 24.7 Å². The third-order valence-corrected chi connectivity index (χ3v) is 3.99. The van der Waals surface area contributed by atoms with Crippen molar-refractivity contribution in [1.82, 2.24) is 10.2 Å². The van der Waals surface area contributed by atoms with Crippen LogP contribution in [0.25, 0.3) is 0 Å². The van der Waals surface area contributed by atoms with E-state index in [1.807, 2.05) is 51.1 Å². The molecule has 0 radical (unpaired) electrons. The molecule has 1 unspecified atom stereocenters. The first kappa shape index (κ1) is 15.8. The zero-order valence-electron chi connectivity index (χ0n) is 12.8. The Hall–Kier alpha value is -1.59. The predicted octanol–water partition coefficient (Wildman–Crippen LogP) is 1.91. The average Bonchev–Trinajstić information content (AvgIpc) is 2.75. The van der Waals surface area contributed by atoms with Crippen LogP contribution in [0.3, 0.4) is 0 Å². The molecule has 1 aromatic carbocycles. The second-order valence-corrected chi connectivity index (χ2v) is 6.71. The lowest BCUT2D eigenvalue weighted by Crippen LogP contribution is -2.53. The van der Waals surface area contributed by atoms with Crippen LogP contribution in [-0.2, 0) is 6.54 Å². The van der Waals surface area contributed by atoms with E-state index in [4.69, 9.17) is 0 Å². The van der Waals surface area contributed by atoms with Gasteiger partial charge in [-0.15, -0.1) is 0 Å². The molecule has 1 saturated heterocycles. The number of β-amino-alcohol motifs (C(OH)–C–C–N with tert-alkyl or cyclic N) is 1. The number of likely N-dealkylation sites (tertiary alicyclic amines) is 1. The molecule has 3 atom stereocenters. The maximum Gasteiger partial charge on any atom is 0.407 e. The number of nitrogens with zero attached hydrogens (tertiary/aromatic N) is 1. The van der Waals surface area contributed by atoms with E-state index in [0.29, 0.717) is 6.54 Å². The highest BCUT2D eigenvalue weighted by atomic mass is 16.4. The lowest BCUT2D eigenvalue weighted by atomic mass is 9.82. The Balaban J connectivity index is 2.13. The fraction of sp³-hybridized carbons (Fsp3) is 0.562. The number of nitrogens with one attached hydrogen (secondary N) is 1. The van der Waals surface area contributed by atoms with E-state index < -0.39 is 12.2 Å². The van der Waals surface area contributed by atoms with Crippen LogP contribution in [0.1, 0.15) is 26.3 Å². The lowest BCUT2D eigenvalue weighted by molar-refractivity contribution is 0.0962. The fourth-order valence-corrected chi connectivity index (χ4v) is 3.12. The second kappa shape index (κ2) is 6.03. The number of rotatable bonds is 3. The van der Waals surface area contributed by atoms with E-state index in [-0.39, 0.29) is 24.0 Å². The topological polar surface area (TPSA) is 72.8 Å². The minimum absolute atomic E-state index is 0.156. The van der Waals surface area contributed by atoms with Gasteiger partial charge in [-0.2, -0.15) is 0 Å². The first-order valence-electron chi connectivity index (χ1n) is 7.25. The Labute approximate surface area is 125 Å². The standard InChI is InChI=1S/C16H24N2O3/c1-16(2,3)14-13(12(19)10-18(14)15(20)21)17-9-11-7-5-4-6-8-11/h4-8,12-14,17,19H,9-10H2,1-3H3,(H,20,21)/t12-,13+,14?/m1/s1. The fourth-order valence-electron chi connectivity index (χ4n) is 3.12. The summed E-state index contributed by atoms with van der Waals surface area (Å²) in [5, 5.41) is 22.9. The van der Waals surface area contributed by atoms with Crippen molar-refractivity contribution in [3.63, 3.8) is 0 Å². The van der Waals surface area contributed by atoms with Crippen LogP contribution in [0.2, 0.25) is 0 Å². The Kier molecular flexibility index (Phi) is 4.54. The molecule has 0 aliphatic carbocycles. The van der Waals surface area contributed by atoms with Gasteiger partial charge in [0.15, 0.2) is 0 Å². The van der Waals surface area contributed by atoms with Crippen molar-refractivity contribution in [1.29, 1.82) is 0 Å². The summed E-state index contributed by atoms with van der Waals surface area (Å²) < 4.78 is 0. The van der Waals surface area contributed by atoms with E-state index in [9.17, 15) is 15.0 Å². The SMILES string of the molecule is CC(C)(C)C1[C@@H](NCc2ccccc2)[C@H](O)CN1C(=O)O. The molecule has 0 aromatic heterocycles. The molecule has 1 fully saturated rings. The van der Waals surface area contributed by atoms with E-state index >= 15 is 0 Å². The van der Waals surface area contributed by atoms with Gasteiger partial charge in [0.25, 0.3) is 0 Å². The number of benzene rings is 1. The van der Waals surface area contributed by atoms with Crippen molar-refractivity contribution in [2.24, 2.45) is 5.41 Å². The highest BCUT2D eigenvalue weighted by Crippen LogP contribution is 2.33.